The van der Waals surface area contributed by atoms with Gasteiger partial charge in [-0.05, 0) is 69.8 Å². The molecular formula is C24H31FN4O2. The first-order valence-electron chi connectivity index (χ1n) is 11.4. The number of hydrogen-bond donors (Lipinski definition) is 0. The third kappa shape index (κ3) is 5.39. The van der Waals surface area contributed by atoms with Crippen molar-refractivity contribution in [1.29, 1.82) is 0 Å². The number of halogens is 1. The lowest BCUT2D eigenvalue weighted by atomic mass is 10.0. The van der Waals surface area contributed by atoms with E-state index in [9.17, 15) is 9.18 Å². The molecule has 2 aliphatic heterocycles. The van der Waals surface area contributed by atoms with Crippen LogP contribution in [0.15, 0.2) is 30.5 Å². The smallest absolute Gasteiger partial charge is 0.257 e. The summed E-state index contributed by atoms with van der Waals surface area (Å²) in [5, 5.41) is 0. The van der Waals surface area contributed by atoms with Crippen molar-refractivity contribution in [2.75, 3.05) is 32.8 Å². The standard InChI is InChI=1S/C24H31FN4O2/c1-18-21(24(30)29-13-4-2-5-14-29)17-26-23(27-18)22-7-3-6-12-28(22)15-16-31-20-10-8-19(25)9-11-20/h8-11,17,22H,2-7,12-16H2,1H3/t22-/m1/s1. The minimum atomic E-state index is -0.266. The monoisotopic (exact) mass is 426 g/mol. The minimum Gasteiger partial charge on any atom is -0.492 e. The van der Waals surface area contributed by atoms with E-state index in [4.69, 9.17) is 9.72 Å². The largest absolute Gasteiger partial charge is 0.492 e. The fourth-order valence-corrected chi connectivity index (χ4v) is 4.49. The van der Waals surface area contributed by atoms with Gasteiger partial charge in [0.05, 0.1) is 17.3 Å². The molecule has 3 heterocycles. The third-order valence-corrected chi connectivity index (χ3v) is 6.24. The summed E-state index contributed by atoms with van der Waals surface area (Å²) in [6, 6.07) is 6.23. The summed E-state index contributed by atoms with van der Waals surface area (Å²) in [5.41, 5.74) is 1.38. The fourth-order valence-electron chi connectivity index (χ4n) is 4.49. The van der Waals surface area contributed by atoms with Crippen LogP contribution in [0.5, 0.6) is 5.75 Å². The number of carbonyl (C=O) groups excluding carboxylic acids is 1. The second-order valence-electron chi connectivity index (χ2n) is 8.43. The highest BCUT2D eigenvalue weighted by Gasteiger charge is 2.28. The Bertz CT molecular complexity index is 884. The van der Waals surface area contributed by atoms with Crippen LogP contribution in [-0.4, -0.2) is 58.5 Å². The number of ether oxygens (including phenoxy) is 1. The molecule has 2 saturated heterocycles. The van der Waals surface area contributed by atoms with Gasteiger partial charge in [0.15, 0.2) is 0 Å². The molecule has 2 aliphatic rings. The van der Waals surface area contributed by atoms with Gasteiger partial charge in [0, 0.05) is 25.8 Å². The number of aryl methyl sites for hydroxylation is 1. The topological polar surface area (TPSA) is 58.6 Å². The summed E-state index contributed by atoms with van der Waals surface area (Å²) in [7, 11) is 0. The van der Waals surface area contributed by atoms with Crippen LogP contribution in [0.4, 0.5) is 4.39 Å². The molecule has 0 bridgehead atoms. The van der Waals surface area contributed by atoms with E-state index in [2.05, 4.69) is 9.88 Å². The zero-order valence-corrected chi connectivity index (χ0v) is 18.2. The number of likely N-dealkylation sites (tertiary alicyclic amines) is 2. The second kappa shape index (κ2) is 10.2. The maximum absolute atomic E-state index is 13.1. The van der Waals surface area contributed by atoms with E-state index >= 15 is 0 Å². The van der Waals surface area contributed by atoms with Crippen LogP contribution < -0.4 is 4.74 Å². The van der Waals surface area contributed by atoms with Crippen LogP contribution in [-0.2, 0) is 0 Å². The number of piperidine rings is 2. The van der Waals surface area contributed by atoms with E-state index in [0.29, 0.717) is 17.9 Å². The van der Waals surface area contributed by atoms with Gasteiger partial charge in [-0.3, -0.25) is 9.69 Å². The average Bonchev–Trinajstić information content (AvgIpc) is 2.81. The first-order chi connectivity index (χ1) is 15.1. The lowest BCUT2D eigenvalue weighted by Crippen LogP contribution is -2.38. The molecule has 0 N–H and O–H groups in total. The average molecular weight is 427 g/mol. The zero-order valence-electron chi connectivity index (χ0n) is 18.2. The van der Waals surface area contributed by atoms with Crippen molar-refractivity contribution in [3.63, 3.8) is 0 Å². The van der Waals surface area contributed by atoms with E-state index in [1.807, 2.05) is 11.8 Å². The number of benzene rings is 1. The lowest BCUT2D eigenvalue weighted by Gasteiger charge is -2.34. The molecule has 7 heteroatoms. The van der Waals surface area contributed by atoms with E-state index in [0.717, 1.165) is 69.8 Å². The van der Waals surface area contributed by atoms with Gasteiger partial charge in [-0.1, -0.05) is 6.42 Å². The summed E-state index contributed by atoms with van der Waals surface area (Å²) >= 11 is 0. The molecule has 1 atom stereocenters. The zero-order chi connectivity index (χ0) is 21.6. The van der Waals surface area contributed by atoms with Crippen LogP contribution in [0.3, 0.4) is 0 Å². The van der Waals surface area contributed by atoms with Gasteiger partial charge in [0.2, 0.25) is 0 Å². The maximum atomic E-state index is 13.1. The normalized spacial score (nSPS) is 19.9. The van der Waals surface area contributed by atoms with Crippen molar-refractivity contribution < 1.29 is 13.9 Å². The molecule has 1 aromatic heterocycles. The summed E-state index contributed by atoms with van der Waals surface area (Å²) < 4.78 is 18.8. The molecule has 1 aromatic carbocycles. The van der Waals surface area contributed by atoms with Crippen LogP contribution in [0, 0.1) is 12.7 Å². The van der Waals surface area contributed by atoms with Crippen LogP contribution in [0.2, 0.25) is 0 Å². The van der Waals surface area contributed by atoms with E-state index in [-0.39, 0.29) is 17.8 Å². The molecule has 0 unspecified atom stereocenters. The lowest BCUT2D eigenvalue weighted by molar-refractivity contribution is 0.0722. The SMILES string of the molecule is Cc1nc([C@H]2CCCCN2CCOc2ccc(F)cc2)ncc1C(=O)N1CCCCC1. The molecule has 31 heavy (non-hydrogen) atoms. The summed E-state index contributed by atoms with van der Waals surface area (Å²) in [5.74, 6) is 1.24. The number of rotatable bonds is 6. The summed E-state index contributed by atoms with van der Waals surface area (Å²) in [6.07, 6.45) is 8.32. The van der Waals surface area contributed by atoms with Crippen molar-refractivity contribution in [1.82, 2.24) is 19.8 Å². The van der Waals surface area contributed by atoms with Gasteiger partial charge < -0.3 is 9.64 Å². The van der Waals surface area contributed by atoms with Gasteiger partial charge >= 0.3 is 0 Å². The molecule has 0 spiro atoms. The molecule has 0 saturated carbocycles. The van der Waals surface area contributed by atoms with Crippen molar-refractivity contribution in [3.8, 4) is 5.75 Å². The summed E-state index contributed by atoms with van der Waals surface area (Å²) in [6.45, 7) is 5.79. The molecule has 4 rings (SSSR count). The Morgan fingerprint density at radius 2 is 1.84 bits per heavy atom. The van der Waals surface area contributed by atoms with Crippen LogP contribution in [0.1, 0.15) is 66.4 Å². The highest BCUT2D eigenvalue weighted by atomic mass is 19.1. The molecule has 6 nitrogen and oxygen atoms in total. The number of amides is 1. The van der Waals surface area contributed by atoms with Crippen LogP contribution >= 0.6 is 0 Å². The van der Waals surface area contributed by atoms with Crippen LogP contribution in [0.25, 0.3) is 0 Å². The third-order valence-electron chi connectivity index (χ3n) is 6.24. The molecule has 0 radical (unpaired) electrons. The quantitative estimate of drug-likeness (QED) is 0.694. The Hall–Kier alpha value is -2.54. The molecule has 166 valence electrons. The molecule has 1 amide bonds. The second-order valence-corrected chi connectivity index (χ2v) is 8.43. The van der Waals surface area contributed by atoms with Gasteiger partial charge in [0.1, 0.15) is 24.0 Å². The van der Waals surface area contributed by atoms with E-state index in [1.165, 1.54) is 18.6 Å². The fraction of sp³-hybridized carbons (Fsp3) is 0.542. The van der Waals surface area contributed by atoms with Gasteiger partial charge in [-0.2, -0.15) is 0 Å². The Balaban J connectivity index is 1.40. The first kappa shape index (κ1) is 21.7. The van der Waals surface area contributed by atoms with Crippen molar-refractivity contribution in [2.24, 2.45) is 0 Å². The Morgan fingerprint density at radius 1 is 1.10 bits per heavy atom. The first-order valence-corrected chi connectivity index (χ1v) is 11.4. The van der Waals surface area contributed by atoms with Gasteiger partial charge in [-0.25, -0.2) is 14.4 Å². The predicted octanol–water partition coefficient (Wildman–Crippen LogP) is 4.16. The Kier molecular flexibility index (Phi) is 7.12. The van der Waals surface area contributed by atoms with E-state index < -0.39 is 0 Å². The number of aromatic nitrogens is 2. The number of hydrogen-bond acceptors (Lipinski definition) is 5. The Morgan fingerprint density at radius 3 is 2.58 bits per heavy atom. The predicted molar refractivity (Wildman–Crippen MR) is 117 cm³/mol. The highest BCUT2D eigenvalue weighted by molar-refractivity contribution is 5.95. The summed E-state index contributed by atoms with van der Waals surface area (Å²) in [4.78, 5) is 26.5. The molecule has 2 aromatic rings. The molecule has 0 aliphatic carbocycles. The molecular weight excluding hydrogens is 395 g/mol. The number of carbonyl (C=O) groups is 1. The minimum absolute atomic E-state index is 0.0527. The molecule has 2 fully saturated rings. The van der Waals surface area contributed by atoms with Gasteiger partial charge in [-0.15, -0.1) is 0 Å². The Labute approximate surface area is 183 Å². The van der Waals surface area contributed by atoms with E-state index in [1.54, 1.807) is 18.3 Å². The van der Waals surface area contributed by atoms with Crippen molar-refractivity contribution in [2.45, 2.75) is 51.5 Å². The van der Waals surface area contributed by atoms with Crippen molar-refractivity contribution in [3.05, 3.63) is 53.4 Å². The highest BCUT2D eigenvalue weighted by Crippen LogP contribution is 2.29. The maximum Gasteiger partial charge on any atom is 0.257 e. The van der Waals surface area contributed by atoms with Gasteiger partial charge in [0.25, 0.3) is 5.91 Å². The number of nitrogens with zero attached hydrogens (tertiary/aromatic N) is 4. The van der Waals surface area contributed by atoms with Crippen molar-refractivity contribution >= 4 is 5.91 Å².